The number of anilines is 1. The van der Waals surface area contributed by atoms with Gasteiger partial charge in [-0.25, -0.2) is 20.8 Å². The number of imidazole rings is 1. The number of aromatic amines is 1. The van der Waals surface area contributed by atoms with Gasteiger partial charge in [0.15, 0.2) is 5.16 Å². The molecule has 0 atom stereocenters. The van der Waals surface area contributed by atoms with Crippen molar-refractivity contribution < 1.29 is 0 Å². The number of nitrogens with one attached hydrogen (secondary N) is 2. The van der Waals surface area contributed by atoms with E-state index in [-0.39, 0.29) is 0 Å². The maximum atomic E-state index is 5.42. The number of hydrazine groups is 1. The molecule has 19 heavy (non-hydrogen) atoms. The SMILES string of the molecule is CCc1cc2c(Sc3ncc[nH]3)nc(NN)nc2s1. The molecule has 0 aliphatic rings. The molecule has 0 saturated carbocycles. The van der Waals surface area contributed by atoms with Crippen LogP contribution in [0.3, 0.4) is 0 Å². The van der Waals surface area contributed by atoms with Gasteiger partial charge in [0.25, 0.3) is 0 Å². The molecule has 3 rings (SSSR count). The molecule has 8 heteroatoms. The monoisotopic (exact) mass is 292 g/mol. The lowest BCUT2D eigenvalue weighted by Crippen LogP contribution is -2.10. The van der Waals surface area contributed by atoms with Gasteiger partial charge < -0.3 is 4.98 Å². The summed E-state index contributed by atoms with van der Waals surface area (Å²) in [4.78, 5) is 18.3. The molecule has 0 saturated heterocycles. The predicted molar refractivity (Wildman–Crippen MR) is 77.3 cm³/mol. The first-order valence-electron chi connectivity index (χ1n) is 5.74. The Labute approximate surface area is 117 Å². The van der Waals surface area contributed by atoms with Gasteiger partial charge in [-0.1, -0.05) is 6.92 Å². The first-order valence-corrected chi connectivity index (χ1v) is 7.37. The Morgan fingerprint density at radius 3 is 3.05 bits per heavy atom. The lowest BCUT2D eigenvalue weighted by Gasteiger charge is -2.03. The summed E-state index contributed by atoms with van der Waals surface area (Å²) in [5.74, 6) is 5.84. The molecule has 0 amide bonds. The van der Waals surface area contributed by atoms with Gasteiger partial charge in [0, 0.05) is 22.7 Å². The Balaban J connectivity index is 2.11. The van der Waals surface area contributed by atoms with Gasteiger partial charge in [0.2, 0.25) is 5.95 Å². The summed E-state index contributed by atoms with van der Waals surface area (Å²) in [6.45, 7) is 2.12. The van der Waals surface area contributed by atoms with Crippen LogP contribution in [-0.2, 0) is 6.42 Å². The van der Waals surface area contributed by atoms with E-state index in [1.165, 1.54) is 16.6 Å². The second-order valence-corrected chi connectivity index (χ2v) is 5.87. The number of nitrogen functional groups attached to an aromatic ring is 1. The number of aryl methyl sites for hydroxylation is 1. The fourth-order valence-electron chi connectivity index (χ4n) is 1.66. The van der Waals surface area contributed by atoms with E-state index in [9.17, 15) is 0 Å². The third-order valence-electron chi connectivity index (χ3n) is 2.55. The summed E-state index contributed by atoms with van der Waals surface area (Å²) in [5.41, 5.74) is 2.51. The van der Waals surface area contributed by atoms with Gasteiger partial charge in [-0.3, -0.25) is 5.43 Å². The van der Waals surface area contributed by atoms with Gasteiger partial charge in [0.05, 0.1) is 0 Å². The average Bonchev–Trinajstić information content (AvgIpc) is 3.06. The second-order valence-electron chi connectivity index (χ2n) is 3.78. The largest absolute Gasteiger partial charge is 0.339 e. The zero-order chi connectivity index (χ0) is 13.2. The molecule has 0 radical (unpaired) electrons. The van der Waals surface area contributed by atoms with Gasteiger partial charge in [-0.2, -0.15) is 0 Å². The normalized spacial score (nSPS) is 11.1. The molecule has 0 spiro atoms. The van der Waals surface area contributed by atoms with Crippen molar-refractivity contribution in [1.82, 2.24) is 19.9 Å². The summed E-state index contributed by atoms with van der Waals surface area (Å²) in [6.07, 6.45) is 4.49. The van der Waals surface area contributed by atoms with E-state index in [1.54, 1.807) is 23.7 Å². The lowest BCUT2D eigenvalue weighted by molar-refractivity contribution is 1.03. The highest BCUT2D eigenvalue weighted by Crippen LogP contribution is 2.34. The highest BCUT2D eigenvalue weighted by molar-refractivity contribution is 7.99. The van der Waals surface area contributed by atoms with Gasteiger partial charge in [-0.15, -0.1) is 11.3 Å². The molecule has 0 aliphatic carbocycles. The highest BCUT2D eigenvalue weighted by atomic mass is 32.2. The quantitative estimate of drug-likeness (QED) is 0.388. The lowest BCUT2D eigenvalue weighted by atomic mass is 10.3. The summed E-state index contributed by atoms with van der Waals surface area (Å²) in [7, 11) is 0. The second kappa shape index (κ2) is 5.16. The van der Waals surface area contributed by atoms with Crippen LogP contribution in [0, 0.1) is 0 Å². The van der Waals surface area contributed by atoms with Crippen LogP contribution in [0.15, 0.2) is 28.6 Å². The predicted octanol–water partition coefficient (Wildman–Crippen LogP) is 2.41. The van der Waals surface area contributed by atoms with Crippen molar-refractivity contribution in [3.63, 3.8) is 0 Å². The molecule has 0 fully saturated rings. The minimum Gasteiger partial charge on any atom is -0.339 e. The molecule has 98 valence electrons. The average molecular weight is 292 g/mol. The number of hydrogen-bond donors (Lipinski definition) is 3. The molecule has 3 heterocycles. The van der Waals surface area contributed by atoms with Crippen LogP contribution in [0.2, 0.25) is 0 Å². The zero-order valence-corrected chi connectivity index (χ0v) is 11.8. The van der Waals surface area contributed by atoms with Crippen LogP contribution in [-0.4, -0.2) is 19.9 Å². The van der Waals surface area contributed by atoms with Crippen molar-refractivity contribution in [3.05, 3.63) is 23.3 Å². The van der Waals surface area contributed by atoms with Crippen molar-refractivity contribution in [1.29, 1.82) is 0 Å². The number of fused-ring (bicyclic) bond motifs is 1. The number of aromatic nitrogens is 4. The van der Waals surface area contributed by atoms with Gasteiger partial charge in [-0.05, 0) is 24.2 Å². The topological polar surface area (TPSA) is 92.5 Å². The Bertz CT molecular complexity index is 691. The fraction of sp³-hybridized carbons (Fsp3) is 0.182. The van der Waals surface area contributed by atoms with E-state index >= 15 is 0 Å². The van der Waals surface area contributed by atoms with E-state index in [0.717, 1.165) is 26.8 Å². The van der Waals surface area contributed by atoms with Crippen molar-refractivity contribution in [2.45, 2.75) is 23.5 Å². The summed E-state index contributed by atoms with van der Waals surface area (Å²) >= 11 is 3.13. The van der Waals surface area contributed by atoms with Gasteiger partial charge >= 0.3 is 0 Å². The Morgan fingerprint density at radius 1 is 1.47 bits per heavy atom. The number of hydrogen-bond acceptors (Lipinski definition) is 7. The molecular formula is C11H12N6S2. The molecule has 0 aromatic carbocycles. The first-order chi connectivity index (χ1) is 9.30. The molecule has 0 unspecified atom stereocenters. The van der Waals surface area contributed by atoms with Gasteiger partial charge in [0.1, 0.15) is 9.86 Å². The van der Waals surface area contributed by atoms with E-state index in [1.807, 2.05) is 0 Å². The van der Waals surface area contributed by atoms with Crippen molar-refractivity contribution in [2.24, 2.45) is 5.84 Å². The standard InChI is InChI=1S/C11H12N6S2/c1-2-6-5-7-8(18-6)15-10(17-12)16-9(7)19-11-13-3-4-14-11/h3-5H,2,12H2,1H3,(H,13,14)(H,15,16,17). The first kappa shape index (κ1) is 12.4. The van der Waals surface area contributed by atoms with Crippen LogP contribution in [0.25, 0.3) is 10.2 Å². The summed E-state index contributed by atoms with van der Waals surface area (Å²) < 4.78 is 0. The number of nitrogens with zero attached hydrogens (tertiary/aromatic N) is 3. The molecule has 0 aliphatic heterocycles. The smallest absolute Gasteiger partial charge is 0.239 e. The van der Waals surface area contributed by atoms with Crippen LogP contribution in [0.5, 0.6) is 0 Å². The minimum atomic E-state index is 0.422. The van der Waals surface area contributed by atoms with Crippen molar-refractivity contribution in [3.8, 4) is 0 Å². The van der Waals surface area contributed by atoms with Crippen LogP contribution in [0.4, 0.5) is 5.95 Å². The third-order valence-corrected chi connectivity index (χ3v) is 4.65. The molecule has 6 nitrogen and oxygen atoms in total. The van der Waals surface area contributed by atoms with E-state index < -0.39 is 0 Å². The van der Waals surface area contributed by atoms with Crippen molar-refractivity contribution in [2.75, 3.05) is 5.43 Å². The minimum absolute atomic E-state index is 0.422. The summed E-state index contributed by atoms with van der Waals surface area (Å²) in [6, 6.07) is 2.13. The molecular weight excluding hydrogens is 280 g/mol. The maximum Gasteiger partial charge on any atom is 0.239 e. The van der Waals surface area contributed by atoms with E-state index in [2.05, 4.69) is 38.4 Å². The summed E-state index contributed by atoms with van der Waals surface area (Å²) in [5, 5.41) is 2.69. The number of nitrogens with two attached hydrogens (primary N) is 1. The Morgan fingerprint density at radius 2 is 2.37 bits per heavy atom. The molecule has 3 aromatic rings. The molecule has 0 bridgehead atoms. The Hall–Kier alpha value is -1.64. The Kier molecular flexibility index (Phi) is 3.36. The fourth-order valence-corrected chi connectivity index (χ4v) is 3.51. The van der Waals surface area contributed by atoms with Crippen LogP contribution in [0.1, 0.15) is 11.8 Å². The zero-order valence-electron chi connectivity index (χ0n) is 10.2. The molecule has 4 N–H and O–H groups in total. The number of thiophene rings is 1. The van der Waals surface area contributed by atoms with Crippen LogP contribution < -0.4 is 11.3 Å². The number of H-pyrrole nitrogens is 1. The third kappa shape index (κ3) is 2.42. The van der Waals surface area contributed by atoms with Crippen molar-refractivity contribution >= 4 is 39.3 Å². The van der Waals surface area contributed by atoms with E-state index in [4.69, 9.17) is 5.84 Å². The number of rotatable bonds is 4. The van der Waals surface area contributed by atoms with Crippen LogP contribution >= 0.6 is 23.1 Å². The van der Waals surface area contributed by atoms with E-state index in [0.29, 0.717) is 5.95 Å². The maximum absolute atomic E-state index is 5.42. The highest BCUT2D eigenvalue weighted by Gasteiger charge is 2.13. The molecule has 3 aromatic heterocycles.